The summed E-state index contributed by atoms with van der Waals surface area (Å²) >= 11 is 0. The van der Waals surface area contributed by atoms with Crippen LogP contribution in [0.2, 0.25) is 0 Å². The zero-order valence-corrected chi connectivity index (χ0v) is 16.7. The lowest BCUT2D eigenvalue weighted by molar-refractivity contribution is -0.116. The molecule has 0 unspecified atom stereocenters. The predicted molar refractivity (Wildman–Crippen MR) is 112 cm³/mol. The predicted octanol–water partition coefficient (Wildman–Crippen LogP) is 2.99. The van der Waals surface area contributed by atoms with E-state index in [1.807, 2.05) is 43.4 Å². The van der Waals surface area contributed by atoms with E-state index in [-0.39, 0.29) is 5.91 Å². The molecule has 28 heavy (non-hydrogen) atoms. The fourth-order valence-corrected chi connectivity index (χ4v) is 3.30. The molecule has 1 fully saturated rings. The number of amides is 1. The minimum atomic E-state index is 0.0194. The van der Waals surface area contributed by atoms with Gasteiger partial charge in [0.1, 0.15) is 5.75 Å². The number of carbonyl (C=O) groups is 1. The van der Waals surface area contributed by atoms with Crippen LogP contribution in [0.25, 0.3) is 0 Å². The van der Waals surface area contributed by atoms with Gasteiger partial charge in [-0.1, -0.05) is 18.2 Å². The van der Waals surface area contributed by atoms with Crippen LogP contribution in [0.15, 0.2) is 48.5 Å². The number of benzene rings is 2. The fraction of sp³-hybridized carbons (Fsp3) is 0.409. The van der Waals surface area contributed by atoms with Crippen molar-refractivity contribution in [2.45, 2.75) is 13.0 Å². The molecule has 6 heteroatoms. The molecule has 150 valence electrons. The lowest BCUT2D eigenvalue weighted by Crippen LogP contribution is -2.36. The van der Waals surface area contributed by atoms with Crippen LogP contribution in [0.3, 0.4) is 0 Å². The summed E-state index contributed by atoms with van der Waals surface area (Å²) in [6.45, 7) is 4.76. The highest BCUT2D eigenvalue weighted by molar-refractivity contribution is 5.91. The van der Waals surface area contributed by atoms with E-state index < -0.39 is 0 Å². The molecule has 1 heterocycles. The highest BCUT2D eigenvalue weighted by Crippen LogP contribution is 2.20. The zero-order chi connectivity index (χ0) is 19.8. The summed E-state index contributed by atoms with van der Waals surface area (Å²) in [6, 6.07) is 16.0. The Kier molecular flexibility index (Phi) is 7.28. The number of ether oxygens (including phenoxy) is 2. The molecule has 1 N–H and O–H groups in total. The Morgan fingerprint density at radius 3 is 2.57 bits per heavy atom. The highest BCUT2D eigenvalue weighted by atomic mass is 16.5. The molecule has 1 saturated heterocycles. The molecule has 3 rings (SSSR count). The maximum atomic E-state index is 12.3. The summed E-state index contributed by atoms with van der Waals surface area (Å²) in [7, 11) is 3.69. The van der Waals surface area contributed by atoms with Crippen molar-refractivity contribution < 1.29 is 14.3 Å². The van der Waals surface area contributed by atoms with Crippen molar-refractivity contribution in [2.75, 3.05) is 57.2 Å². The largest absolute Gasteiger partial charge is 0.496 e. The molecule has 0 saturated carbocycles. The summed E-state index contributed by atoms with van der Waals surface area (Å²) in [4.78, 5) is 16.7. The number of nitrogens with zero attached hydrogens (tertiary/aromatic N) is 2. The first-order valence-corrected chi connectivity index (χ1v) is 9.69. The molecular formula is C22H29N3O3. The summed E-state index contributed by atoms with van der Waals surface area (Å²) in [5.41, 5.74) is 3.11. The van der Waals surface area contributed by atoms with Gasteiger partial charge in [0.15, 0.2) is 0 Å². The standard InChI is InChI=1S/C22H29N3O3/c1-24(17-18-5-3-4-6-21(18)27-2)12-11-22(26)23-19-7-9-20(10-8-19)25-13-15-28-16-14-25/h3-10H,11-17H2,1-2H3,(H,23,26). The number of rotatable bonds is 8. The van der Waals surface area contributed by atoms with Gasteiger partial charge in [0, 0.05) is 49.5 Å². The van der Waals surface area contributed by atoms with Gasteiger partial charge in [-0.05, 0) is 37.4 Å². The number of nitrogens with one attached hydrogen (secondary N) is 1. The average molecular weight is 383 g/mol. The van der Waals surface area contributed by atoms with Crippen LogP contribution >= 0.6 is 0 Å². The van der Waals surface area contributed by atoms with Crippen molar-refractivity contribution in [1.82, 2.24) is 4.90 Å². The Bertz CT molecular complexity index is 758. The number of methoxy groups -OCH3 is 1. The molecule has 0 radical (unpaired) electrons. The Morgan fingerprint density at radius 2 is 1.86 bits per heavy atom. The molecule has 2 aromatic carbocycles. The number of anilines is 2. The Labute approximate surface area is 167 Å². The lowest BCUT2D eigenvalue weighted by atomic mass is 10.2. The van der Waals surface area contributed by atoms with Gasteiger partial charge < -0.3 is 24.6 Å². The topological polar surface area (TPSA) is 54.0 Å². The number of morpholine rings is 1. The second kappa shape index (κ2) is 10.1. The van der Waals surface area contributed by atoms with E-state index in [0.29, 0.717) is 13.0 Å². The van der Waals surface area contributed by atoms with Gasteiger partial charge in [-0.15, -0.1) is 0 Å². The van der Waals surface area contributed by atoms with Crippen LogP contribution in [-0.2, 0) is 16.1 Å². The van der Waals surface area contributed by atoms with Crippen LogP contribution in [0.5, 0.6) is 5.75 Å². The van der Waals surface area contributed by atoms with Crippen molar-refractivity contribution in [3.05, 3.63) is 54.1 Å². The molecule has 0 atom stereocenters. The third-order valence-corrected chi connectivity index (χ3v) is 4.88. The molecule has 0 aromatic heterocycles. The number of hydrogen-bond acceptors (Lipinski definition) is 5. The Morgan fingerprint density at radius 1 is 1.14 bits per heavy atom. The van der Waals surface area contributed by atoms with Gasteiger partial charge in [-0.2, -0.15) is 0 Å². The SMILES string of the molecule is COc1ccccc1CN(C)CCC(=O)Nc1ccc(N2CCOCC2)cc1. The molecule has 6 nitrogen and oxygen atoms in total. The number of hydrogen-bond donors (Lipinski definition) is 1. The molecule has 1 aliphatic heterocycles. The highest BCUT2D eigenvalue weighted by Gasteiger charge is 2.12. The van der Waals surface area contributed by atoms with E-state index in [4.69, 9.17) is 9.47 Å². The maximum absolute atomic E-state index is 12.3. The van der Waals surface area contributed by atoms with E-state index in [1.54, 1.807) is 7.11 Å². The van der Waals surface area contributed by atoms with Crippen LogP contribution in [0.4, 0.5) is 11.4 Å². The molecule has 1 amide bonds. The first-order valence-electron chi connectivity index (χ1n) is 9.69. The third kappa shape index (κ3) is 5.71. The normalized spacial score (nSPS) is 14.2. The first-order chi connectivity index (χ1) is 13.7. The van der Waals surface area contributed by atoms with Crippen molar-refractivity contribution in [2.24, 2.45) is 0 Å². The van der Waals surface area contributed by atoms with E-state index in [9.17, 15) is 4.79 Å². The van der Waals surface area contributed by atoms with Gasteiger partial charge in [0.2, 0.25) is 5.91 Å². The molecule has 0 aliphatic carbocycles. The minimum absolute atomic E-state index is 0.0194. The number of para-hydroxylation sites is 1. The van der Waals surface area contributed by atoms with Crippen LogP contribution in [-0.4, -0.2) is 57.8 Å². The summed E-state index contributed by atoms with van der Waals surface area (Å²) in [5.74, 6) is 0.894. The second-order valence-electron chi connectivity index (χ2n) is 6.99. The van der Waals surface area contributed by atoms with Crippen molar-refractivity contribution in [3.63, 3.8) is 0 Å². The average Bonchev–Trinajstić information content (AvgIpc) is 2.74. The van der Waals surface area contributed by atoms with E-state index in [2.05, 4.69) is 27.2 Å². The first kappa shape index (κ1) is 20.2. The monoisotopic (exact) mass is 383 g/mol. The van der Waals surface area contributed by atoms with Crippen LogP contribution in [0.1, 0.15) is 12.0 Å². The van der Waals surface area contributed by atoms with E-state index >= 15 is 0 Å². The molecule has 0 bridgehead atoms. The summed E-state index contributed by atoms with van der Waals surface area (Å²) in [5, 5.41) is 2.98. The number of carbonyl (C=O) groups excluding carboxylic acids is 1. The van der Waals surface area contributed by atoms with Crippen LogP contribution < -0.4 is 15.0 Å². The third-order valence-electron chi connectivity index (χ3n) is 4.88. The fourth-order valence-electron chi connectivity index (χ4n) is 3.30. The smallest absolute Gasteiger partial charge is 0.225 e. The van der Waals surface area contributed by atoms with Gasteiger partial charge >= 0.3 is 0 Å². The molecule has 1 aliphatic rings. The maximum Gasteiger partial charge on any atom is 0.225 e. The van der Waals surface area contributed by atoms with Crippen LogP contribution in [0, 0.1) is 0 Å². The Balaban J connectivity index is 1.44. The summed E-state index contributed by atoms with van der Waals surface area (Å²) < 4.78 is 10.8. The quantitative estimate of drug-likeness (QED) is 0.760. The van der Waals surface area contributed by atoms with Crippen molar-refractivity contribution >= 4 is 17.3 Å². The lowest BCUT2D eigenvalue weighted by Gasteiger charge is -2.28. The van der Waals surface area contributed by atoms with Crippen molar-refractivity contribution in [1.29, 1.82) is 0 Å². The van der Waals surface area contributed by atoms with Gasteiger partial charge in [-0.3, -0.25) is 4.79 Å². The minimum Gasteiger partial charge on any atom is -0.496 e. The van der Waals surface area contributed by atoms with E-state index in [0.717, 1.165) is 55.5 Å². The van der Waals surface area contributed by atoms with Gasteiger partial charge in [0.05, 0.1) is 20.3 Å². The molecular weight excluding hydrogens is 354 g/mol. The van der Waals surface area contributed by atoms with E-state index in [1.165, 1.54) is 0 Å². The Hall–Kier alpha value is -2.57. The van der Waals surface area contributed by atoms with Gasteiger partial charge in [-0.25, -0.2) is 0 Å². The van der Waals surface area contributed by atoms with Gasteiger partial charge in [0.25, 0.3) is 0 Å². The second-order valence-corrected chi connectivity index (χ2v) is 6.99. The summed E-state index contributed by atoms with van der Waals surface area (Å²) in [6.07, 6.45) is 0.441. The van der Waals surface area contributed by atoms with Crippen molar-refractivity contribution in [3.8, 4) is 5.75 Å². The molecule has 2 aromatic rings. The zero-order valence-electron chi connectivity index (χ0n) is 16.7. The molecule has 0 spiro atoms.